The van der Waals surface area contributed by atoms with E-state index in [9.17, 15) is 9.59 Å². The fourth-order valence-corrected chi connectivity index (χ4v) is 4.89. The lowest BCUT2D eigenvalue weighted by atomic mass is 9.78. The van der Waals surface area contributed by atoms with Crippen LogP contribution in [-0.2, 0) is 4.79 Å². The van der Waals surface area contributed by atoms with E-state index >= 15 is 0 Å². The molecule has 3 atom stereocenters. The fraction of sp³-hybridized carbons (Fsp3) is 0.700. The van der Waals surface area contributed by atoms with Crippen molar-refractivity contribution in [1.82, 2.24) is 15.1 Å². The van der Waals surface area contributed by atoms with Gasteiger partial charge in [-0.1, -0.05) is 26.7 Å². The minimum Gasteiger partial charge on any atom is -0.352 e. The molecule has 5 nitrogen and oxygen atoms in total. The summed E-state index contributed by atoms with van der Waals surface area (Å²) in [7, 11) is 0. The number of carbonyl (C=O) groups excluding carboxylic acids is 2. The summed E-state index contributed by atoms with van der Waals surface area (Å²) in [6.45, 7) is 9.92. The van der Waals surface area contributed by atoms with E-state index in [0.717, 1.165) is 29.3 Å². The van der Waals surface area contributed by atoms with E-state index in [-0.39, 0.29) is 11.8 Å². The van der Waals surface area contributed by atoms with Gasteiger partial charge < -0.3 is 10.2 Å². The molecule has 1 aromatic heterocycles. The highest BCUT2D eigenvalue weighted by molar-refractivity contribution is 7.13. The topological polar surface area (TPSA) is 52.7 Å². The van der Waals surface area contributed by atoms with Crippen LogP contribution in [0.25, 0.3) is 0 Å². The molecule has 2 heterocycles. The molecule has 0 aromatic carbocycles. The molecule has 1 saturated heterocycles. The Morgan fingerprint density at radius 3 is 2.54 bits per heavy atom. The van der Waals surface area contributed by atoms with Crippen molar-refractivity contribution in [2.24, 2.45) is 11.8 Å². The Hall–Kier alpha value is -1.40. The van der Waals surface area contributed by atoms with Gasteiger partial charge >= 0.3 is 0 Å². The maximum Gasteiger partial charge on any atom is 0.264 e. The fourth-order valence-electron chi connectivity index (χ4n) is 4.06. The van der Waals surface area contributed by atoms with Gasteiger partial charge in [0, 0.05) is 37.1 Å². The molecule has 26 heavy (non-hydrogen) atoms. The molecule has 1 N–H and O–H groups in total. The molecule has 2 fully saturated rings. The second-order valence-corrected chi connectivity index (χ2v) is 9.21. The van der Waals surface area contributed by atoms with E-state index in [1.165, 1.54) is 12.8 Å². The van der Waals surface area contributed by atoms with Gasteiger partial charge in [0.25, 0.3) is 5.91 Å². The zero-order valence-electron chi connectivity index (χ0n) is 16.2. The average Bonchev–Trinajstić information content (AvgIpc) is 3.05. The Bertz CT molecular complexity index is 637. The van der Waals surface area contributed by atoms with Crippen LogP contribution in [-0.4, -0.2) is 60.4 Å². The third-order valence-electron chi connectivity index (χ3n) is 6.03. The molecule has 144 valence electrons. The standard InChI is InChI=1S/C20H31N3O2S/c1-14-5-4-6-17(16(14)3)21-19(24)13-22-9-11-23(12-10-22)20(25)18-8-7-15(2)26-18/h7-8,14,16-17H,4-6,9-13H2,1-3H3,(H,21,24). The number of nitrogens with one attached hydrogen (secondary N) is 1. The Balaban J connectivity index is 1.43. The average molecular weight is 378 g/mol. The molecule has 1 saturated carbocycles. The lowest BCUT2D eigenvalue weighted by Gasteiger charge is -2.36. The highest BCUT2D eigenvalue weighted by Crippen LogP contribution is 2.29. The molecule has 1 aromatic rings. The monoisotopic (exact) mass is 377 g/mol. The number of carbonyl (C=O) groups is 2. The van der Waals surface area contributed by atoms with Gasteiger partial charge in [0.2, 0.25) is 5.91 Å². The summed E-state index contributed by atoms with van der Waals surface area (Å²) < 4.78 is 0. The van der Waals surface area contributed by atoms with Crippen LogP contribution in [0.5, 0.6) is 0 Å². The molecule has 1 aliphatic heterocycles. The molecule has 2 amide bonds. The maximum atomic E-state index is 12.5. The third kappa shape index (κ3) is 4.65. The second-order valence-electron chi connectivity index (χ2n) is 7.92. The van der Waals surface area contributed by atoms with E-state index in [1.807, 2.05) is 24.0 Å². The Morgan fingerprint density at radius 2 is 1.88 bits per heavy atom. The van der Waals surface area contributed by atoms with Gasteiger partial charge in [-0.25, -0.2) is 0 Å². The summed E-state index contributed by atoms with van der Waals surface area (Å²) in [5.41, 5.74) is 0. The number of thiophene rings is 1. The SMILES string of the molecule is Cc1ccc(C(=O)N2CCN(CC(=O)NC3CCCC(C)C3C)CC2)s1. The van der Waals surface area contributed by atoms with E-state index in [2.05, 4.69) is 24.1 Å². The first-order valence-corrected chi connectivity index (χ1v) is 10.6. The molecule has 6 heteroatoms. The zero-order valence-corrected chi connectivity index (χ0v) is 17.0. The first-order chi connectivity index (χ1) is 12.4. The molecule has 3 unspecified atom stereocenters. The van der Waals surface area contributed by atoms with Crippen LogP contribution in [0.2, 0.25) is 0 Å². The first-order valence-electron chi connectivity index (χ1n) is 9.81. The van der Waals surface area contributed by atoms with Crippen LogP contribution in [0.3, 0.4) is 0 Å². The van der Waals surface area contributed by atoms with Crippen LogP contribution < -0.4 is 5.32 Å². The molecular weight excluding hydrogens is 346 g/mol. The van der Waals surface area contributed by atoms with E-state index in [4.69, 9.17) is 0 Å². The van der Waals surface area contributed by atoms with Gasteiger partial charge in [-0.15, -0.1) is 11.3 Å². The Kier molecular flexibility index (Phi) is 6.35. The lowest BCUT2D eigenvalue weighted by Crippen LogP contribution is -2.52. The summed E-state index contributed by atoms with van der Waals surface area (Å²) in [4.78, 5) is 31.0. The van der Waals surface area contributed by atoms with Gasteiger partial charge in [-0.3, -0.25) is 14.5 Å². The van der Waals surface area contributed by atoms with Crippen molar-refractivity contribution in [2.45, 2.75) is 46.1 Å². The summed E-state index contributed by atoms with van der Waals surface area (Å²) in [6.07, 6.45) is 3.58. The summed E-state index contributed by atoms with van der Waals surface area (Å²) >= 11 is 1.55. The molecule has 1 aliphatic carbocycles. The van der Waals surface area contributed by atoms with Gasteiger partial charge in [-0.05, 0) is 37.3 Å². The number of hydrogen-bond acceptors (Lipinski definition) is 4. The zero-order chi connectivity index (χ0) is 18.7. The van der Waals surface area contributed by atoms with E-state index in [1.54, 1.807) is 11.3 Å². The molecule has 3 rings (SSSR count). The van der Waals surface area contributed by atoms with Crippen LogP contribution in [0, 0.1) is 18.8 Å². The van der Waals surface area contributed by atoms with Gasteiger partial charge in [-0.2, -0.15) is 0 Å². The third-order valence-corrected chi connectivity index (χ3v) is 7.02. The van der Waals surface area contributed by atoms with Gasteiger partial charge in [0.15, 0.2) is 0 Å². The van der Waals surface area contributed by atoms with Crippen molar-refractivity contribution in [1.29, 1.82) is 0 Å². The van der Waals surface area contributed by atoms with Crippen molar-refractivity contribution in [3.05, 3.63) is 21.9 Å². The van der Waals surface area contributed by atoms with Crippen molar-refractivity contribution in [2.75, 3.05) is 32.7 Å². The van der Waals surface area contributed by atoms with Crippen LogP contribution in [0.4, 0.5) is 0 Å². The summed E-state index contributed by atoms with van der Waals surface area (Å²) in [5, 5.41) is 3.25. The molecule has 0 radical (unpaired) electrons. The summed E-state index contributed by atoms with van der Waals surface area (Å²) in [5.74, 6) is 1.49. The Labute approximate surface area is 160 Å². The lowest BCUT2D eigenvalue weighted by molar-refractivity contribution is -0.124. The van der Waals surface area contributed by atoms with Gasteiger partial charge in [0.05, 0.1) is 11.4 Å². The molecule has 0 spiro atoms. The van der Waals surface area contributed by atoms with Crippen molar-refractivity contribution < 1.29 is 9.59 Å². The van der Waals surface area contributed by atoms with Gasteiger partial charge in [0.1, 0.15) is 0 Å². The van der Waals surface area contributed by atoms with Crippen LogP contribution >= 0.6 is 11.3 Å². The highest BCUT2D eigenvalue weighted by Gasteiger charge is 2.29. The minimum atomic E-state index is 0.122. The maximum absolute atomic E-state index is 12.5. The number of hydrogen-bond donors (Lipinski definition) is 1. The Morgan fingerprint density at radius 1 is 1.15 bits per heavy atom. The quantitative estimate of drug-likeness (QED) is 0.878. The van der Waals surface area contributed by atoms with Crippen molar-refractivity contribution >= 4 is 23.2 Å². The molecular formula is C20H31N3O2S. The number of aryl methyl sites for hydroxylation is 1. The summed E-state index contributed by atoms with van der Waals surface area (Å²) in [6, 6.07) is 4.22. The van der Waals surface area contributed by atoms with Crippen LogP contribution in [0.1, 0.15) is 47.7 Å². The van der Waals surface area contributed by atoms with E-state index < -0.39 is 0 Å². The number of rotatable bonds is 4. The smallest absolute Gasteiger partial charge is 0.264 e. The molecule has 0 bridgehead atoms. The normalized spacial score (nSPS) is 27.3. The van der Waals surface area contributed by atoms with Crippen molar-refractivity contribution in [3.63, 3.8) is 0 Å². The van der Waals surface area contributed by atoms with Crippen molar-refractivity contribution in [3.8, 4) is 0 Å². The molecule has 2 aliphatic rings. The highest BCUT2D eigenvalue weighted by atomic mass is 32.1. The van der Waals surface area contributed by atoms with E-state index in [0.29, 0.717) is 37.5 Å². The largest absolute Gasteiger partial charge is 0.352 e. The minimum absolute atomic E-state index is 0.122. The predicted molar refractivity (Wildman–Crippen MR) is 106 cm³/mol. The number of amides is 2. The number of piperazine rings is 1. The second kappa shape index (κ2) is 8.53. The van der Waals surface area contributed by atoms with Crippen LogP contribution in [0.15, 0.2) is 12.1 Å². The predicted octanol–water partition coefficient (Wildman–Crippen LogP) is 2.76. The number of nitrogens with zero attached hydrogens (tertiary/aromatic N) is 2. The first kappa shape index (κ1) is 19.4.